The van der Waals surface area contributed by atoms with Gasteiger partial charge in [0.15, 0.2) is 11.6 Å². The Morgan fingerprint density at radius 2 is 1.90 bits per heavy atom. The molecule has 2 rings (SSSR count). The molecule has 1 heterocycles. The van der Waals surface area contributed by atoms with Gasteiger partial charge in [0.2, 0.25) is 0 Å². The molecule has 4 nitrogen and oxygen atoms in total. The zero-order valence-electron chi connectivity index (χ0n) is 11.2. The van der Waals surface area contributed by atoms with Gasteiger partial charge in [-0.25, -0.2) is 13.6 Å². The molecule has 0 saturated heterocycles. The minimum absolute atomic E-state index is 0.148. The molecule has 0 aliphatic carbocycles. The van der Waals surface area contributed by atoms with Gasteiger partial charge in [0.05, 0.1) is 0 Å². The molecule has 1 unspecified atom stereocenters. The molecule has 1 atom stereocenters. The minimum Gasteiger partial charge on any atom is -0.322 e. The van der Waals surface area contributed by atoms with Crippen molar-refractivity contribution in [1.29, 1.82) is 0 Å². The summed E-state index contributed by atoms with van der Waals surface area (Å²) in [6, 6.07) is 2.96. The van der Waals surface area contributed by atoms with Gasteiger partial charge >= 0.3 is 5.69 Å². The molecule has 0 radical (unpaired) electrons. The van der Waals surface area contributed by atoms with Gasteiger partial charge in [-0.1, -0.05) is 13.0 Å². The van der Waals surface area contributed by atoms with Crippen LogP contribution in [0.25, 0.3) is 0 Å². The molecule has 0 aliphatic rings. The van der Waals surface area contributed by atoms with Crippen LogP contribution >= 0.6 is 0 Å². The summed E-state index contributed by atoms with van der Waals surface area (Å²) in [5.74, 6) is -1.85. The zero-order valence-corrected chi connectivity index (χ0v) is 11.2. The number of hydrogen-bond donors (Lipinski definition) is 1. The van der Waals surface area contributed by atoms with Crippen LogP contribution < -0.4 is 11.4 Å². The van der Waals surface area contributed by atoms with E-state index >= 15 is 0 Å². The monoisotopic (exact) mass is 281 g/mol. The van der Waals surface area contributed by atoms with E-state index in [-0.39, 0.29) is 12.2 Å². The first kappa shape index (κ1) is 14.5. The predicted molar refractivity (Wildman–Crippen MR) is 72.3 cm³/mol. The van der Waals surface area contributed by atoms with Crippen molar-refractivity contribution in [1.82, 2.24) is 9.13 Å². The summed E-state index contributed by atoms with van der Waals surface area (Å²) in [5, 5.41) is 0. The number of rotatable bonds is 5. The van der Waals surface area contributed by atoms with Gasteiger partial charge in [-0.15, -0.1) is 0 Å². The number of nitrogens with zero attached hydrogens (tertiary/aromatic N) is 2. The number of imidazole rings is 1. The Hall–Kier alpha value is -1.95. The van der Waals surface area contributed by atoms with E-state index in [1.165, 1.54) is 10.6 Å². The maximum Gasteiger partial charge on any atom is 0.328 e. The SMILES string of the molecule is CCCn1ccn(CC(N)c2ccc(F)c(F)c2)c1=O. The highest BCUT2D eigenvalue weighted by Gasteiger charge is 2.12. The normalized spacial score (nSPS) is 12.6. The summed E-state index contributed by atoms with van der Waals surface area (Å²) in [6.07, 6.45) is 4.21. The van der Waals surface area contributed by atoms with Crippen LogP contribution in [0.3, 0.4) is 0 Å². The smallest absolute Gasteiger partial charge is 0.322 e. The number of halogens is 2. The van der Waals surface area contributed by atoms with Gasteiger partial charge < -0.3 is 5.73 Å². The highest BCUT2D eigenvalue weighted by molar-refractivity contribution is 5.20. The van der Waals surface area contributed by atoms with Crippen LogP contribution in [0.5, 0.6) is 0 Å². The van der Waals surface area contributed by atoms with Crippen molar-refractivity contribution in [3.05, 3.63) is 58.3 Å². The topological polar surface area (TPSA) is 52.9 Å². The molecule has 0 saturated carbocycles. The highest BCUT2D eigenvalue weighted by atomic mass is 19.2. The molecule has 0 amide bonds. The fourth-order valence-electron chi connectivity index (χ4n) is 2.06. The van der Waals surface area contributed by atoms with Crippen molar-refractivity contribution in [3.8, 4) is 0 Å². The number of aromatic nitrogens is 2. The lowest BCUT2D eigenvalue weighted by Crippen LogP contribution is -2.28. The fourth-order valence-corrected chi connectivity index (χ4v) is 2.06. The first-order valence-electron chi connectivity index (χ1n) is 6.49. The standard InChI is InChI=1S/C14H17F2N3O/c1-2-5-18-6-7-19(14(18)20)9-13(17)10-3-4-11(15)12(16)8-10/h3-4,6-8,13H,2,5,9,17H2,1H3. The Kier molecular flexibility index (Phi) is 4.34. The lowest BCUT2D eigenvalue weighted by Gasteiger charge is -2.12. The van der Waals surface area contributed by atoms with Crippen LogP contribution in [-0.4, -0.2) is 9.13 Å². The molecule has 2 N–H and O–H groups in total. The molecule has 1 aromatic carbocycles. The maximum atomic E-state index is 13.2. The highest BCUT2D eigenvalue weighted by Crippen LogP contribution is 2.15. The van der Waals surface area contributed by atoms with E-state index in [9.17, 15) is 13.6 Å². The molecule has 20 heavy (non-hydrogen) atoms. The second-order valence-corrected chi connectivity index (χ2v) is 4.71. The first-order chi connectivity index (χ1) is 9.52. The Labute approximate surface area is 115 Å². The maximum absolute atomic E-state index is 13.2. The van der Waals surface area contributed by atoms with Crippen molar-refractivity contribution in [2.75, 3.05) is 0 Å². The molecule has 0 fully saturated rings. The van der Waals surface area contributed by atoms with Crippen molar-refractivity contribution in [3.63, 3.8) is 0 Å². The van der Waals surface area contributed by atoms with Crippen molar-refractivity contribution in [2.24, 2.45) is 5.73 Å². The Morgan fingerprint density at radius 3 is 2.55 bits per heavy atom. The van der Waals surface area contributed by atoms with Crippen LogP contribution in [0, 0.1) is 11.6 Å². The van der Waals surface area contributed by atoms with E-state index < -0.39 is 17.7 Å². The zero-order chi connectivity index (χ0) is 14.7. The van der Waals surface area contributed by atoms with Crippen LogP contribution in [-0.2, 0) is 13.1 Å². The molecular weight excluding hydrogens is 264 g/mol. The third-order valence-corrected chi connectivity index (χ3v) is 3.15. The van der Waals surface area contributed by atoms with Crippen molar-refractivity contribution >= 4 is 0 Å². The Bertz CT molecular complexity index is 648. The van der Waals surface area contributed by atoms with E-state index in [1.807, 2.05) is 6.92 Å². The van der Waals surface area contributed by atoms with E-state index in [4.69, 9.17) is 5.73 Å². The molecule has 108 valence electrons. The van der Waals surface area contributed by atoms with Crippen LogP contribution in [0.2, 0.25) is 0 Å². The quantitative estimate of drug-likeness (QED) is 0.911. The summed E-state index contributed by atoms with van der Waals surface area (Å²) in [5.41, 5.74) is 6.25. The average Bonchev–Trinajstić information content (AvgIpc) is 2.75. The van der Waals surface area contributed by atoms with Crippen LogP contribution in [0.1, 0.15) is 24.9 Å². The largest absolute Gasteiger partial charge is 0.328 e. The van der Waals surface area contributed by atoms with Gasteiger partial charge in [0.1, 0.15) is 0 Å². The van der Waals surface area contributed by atoms with Crippen molar-refractivity contribution < 1.29 is 8.78 Å². The summed E-state index contributed by atoms with van der Waals surface area (Å²) < 4.78 is 29.1. The summed E-state index contributed by atoms with van der Waals surface area (Å²) in [7, 11) is 0. The molecule has 1 aromatic heterocycles. The number of benzene rings is 1. The van der Waals surface area contributed by atoms with Gasteiger partial charge in [-0.3, -0.25) is 9.13 Å². The van der Waals surface area contributed by atoms with Gasteiger partial charge in [0, 0.05) is 31.5 Å². The summed E-state index contributed by atoms with van der Waals surface area (Å²) in [4.78, 5) is 12.0. The number of nitrogens with two attached hydrogens (primary N) is 1. The van der Waals surface area contributed by atoms with E-state index in [1.54, 1.807) is 17.0 Å². The molecule has 0 spiro atoms. The Balaban J connectivity index is 2.17. The lowest BCUT2D eigenvalue weighted by molar-refractivity contribution is 0.498. The average molecular weight is 281 g/mol. The first-order valence-corrected chi connectivity index (χ1v) is 6.49. The minimum atomic E-state index is -0.936. The second-order valence-electron chi connectivity index (χ2n) is 4.71. The van der Waals surface area contributed by atoms with Gasteiger partial charge in [-0.05, 0) is 24.1 Å². The van der Waals surface area contributed by atoms with Gasteiger partial charge in [0.25, 0.3) is 0 Å². The van der Waals surface area contributed by atoms with Crippen LogP contribution in [0.15, 0.2) is 35.4 Å². The lowest BCUT2D eigenvalue weighted by atomic mass is 10.1. The van der Waals surface area contributed by atoms with Gasteiger partial charge in [-0.2, -0.15) is 0 Å². The molecule has 6 heteroatoms. The molecular formula is C14H17F2N3O. The predicted octanol–water partition coefficient (Wildman–Crippen LogP) is 2.04. The second kappa shape index (κ2) is 6.00. The third-order valence-electron chi connectivity index (χ3n) is 3.15. The molecule has 0 bridgehead atoms. The fraction of sp³-hybridized carbons (Fsp3) is 0.357. The molecule has 0 aliphatic heterocycles. The third kappa shape index (κ3) is 2.96. The molecule has 2 aromatic rings. The van der Waals surface area contributed by atoms with E-state index in [0.29, 0.717) is 12.1 Å². The van der Waals surface area contributed by atoms with Crippen molar-refractivity contribution in [2.45, 2.75) is 32.5 Å². The number of aryl methyl sites for hydroxylation is 1. The Morgan fingerprint density at radius 1 is 1.20 bits per heavy atom. The summed E-state index contributed by atoms with van der Waals surface area (Å²) >= 11 is 0. The summed E-state index contributed by atoms with van der Waals surface area (Å²) in [6.45, 7) is 2.85. The number of hydrogen-bond acceptors (Lipinski definition) is 2. The van der Waals surface area contributed by atoms with Crippen LogP contribution in [0.4, 0.5) is 8.78 Å². The van der Waals surface area contributed by atoms with E-state index in [0.717, 1.165) is 18.6 Å². The van der Waals surface area contributed by atoms with E-state index in [2.05, 4.69) is 0 Å².